The van der Waals surface area contributed by atoms with Gasteiger partial charge < -0.3 is 9.84 Å². The summed E-state index contributed by atoms with van der Waals surface area (Å²) in [6.07, 6.45) is 0. The molecule has 0 amide bonds. The number of hydrogen-bond acceptors (Lipinski definition) is 3. The molecular weight excluding hydrogens is 288 g/mol. The largest absolute Gasteiger partial charge is 0.497 e. The highest BCUT2D eigenvalue weighted by molar-refractivity contribution is 6.31. The molecule has 1 aromatic heterocycles. The molecule has 0 bridgehead atoms. The second kappa shape index (κ2) is 6.66. The Morgan fingerprint density at radius 3 is 2.71 bits per heavy atom. The Kier molecular flexibility index (Phi) is 4.89. The van der Waals surface area contributed by atoms with Crippen LogP contribution in [0.4, 0.5) is 0 Å². The zero-order valence-electron chi connectivity index (χ0n) is 12.3. The van der Waals surface area contributed by atoms with E-state index < -0.39 is 0 Å². The van der Waals surface area contributed by atoms with E-state index in [1.165, 1.54) is 0 Å². The van der Waals surface area contributed by atoms with E-state index in [0.29, 0.717) is 11.6 Å². The number of methoxy groups -OCH3 is 1. The van der Waals surface area contributed by atoms with Crippen molar-refractivity contribution in [1.82, 2.24) is 9.78 Å². The predicted octanol–water partition coefficient (Wildman–Crippen LogP) is 2.55. The van der Waals surface area contributed by atoms with E-state index >= 15 is 0 Å². The molecule has 2 aromatic rings. The molecule has 0 saturated carbocycles. The zero-order valence-corrected chi connectivity index (χ0v) is 13.0. The van der Waals surface area contributed by atoms with E-state index in [2.05, 4.69) is 16.9 Å². The Balaban J connectivity index is 2.43. The molecule has 2 rings (SSSR count). The van der Waals surface area contributed by atoms with Crippen LogP contribution in [0.1, 0.15) is 22.5 Å². The van der Waals surface area contributed by atoms with Crippen LogP contribution in [0.3, 0.4) is 0 Å². The van der Waals surface area contributed by atoms with Crippen molar-refractivity contribution in [3.63, 3.8) is 0 Å². The van der Waals surface area contributed by atoms with Crippen molar-refractivity contribution < 1.29 is 9.84 Å². The van der Waals surface area contributed by atoms with Gasteiger partial charge in [-0.2, -0.15) is 5.10 Å². The van der Waals surface area contributed by atoms with Gasteiger partial charge in [0, 0.05) is 5.56 Å². The van der Waals surface area contributed by atoms with Crippen molar-refractivity contribution >= 4 is 11.6 Å². The molecule has 0 radical (unpaired) electrons. The first-order chi connectivity index (χ1) is 10.1. The number of hydrogen-bond donors (Lipinski definition) is 1. The molecule has 0 spiro atoms. The van der Waals surface area contributed by atoms with Crippen LogP contribution in [-0.2, 0) is 6.54 Å². The van der Waals surface area contributed by atoms with Gasteiger partial charge in [0.05, 0.1) is 30.1 Å². The van der Waals surface area contributed by atoms with Crippen molar-refractivity contribution in [2.45, 2.75) is 20.4 Å². The minimum Gasteiger partial charge on any atom is -0.497 e. The summed E-state index contributed by atoms with van der Waals surface area (Å²) in [5.41, 5.74) is 3.53. The molecule has 0 fully saturated rings. The van der Waals surface area contributed by atoms with Crippen LogP contribution in [0, 0.1) is 25.7 Å². The number of ether oxygens (including phenoxy) is 1. The van der Waals surface area contributed by atoms with Crippen LogP contribution in [0.25, 0.3) is 0 Å². The topological polar surface area (TPSA) is 47.3 Å². The van der Waals surface area contributed by atoms with E-state index in [1.807, 2.05) is 36.7 Å². The highest BCUT2D eigenvalue weighted by Gasteiger charge is 2.11. The number of benzene rings is 1. The van der Waals surface area contributed by atoms with Gasteiger partial charge in [0.2, 0.25) is 0 Å². The molecule has 4 nitrogen and oxygen atoms in total. The van der Waals surface area contributed by atoms with Crippen LogP contribution < -0.4 is 4.74 Å². The number of halogens is 1. The van der Waals surface area contributed by atoms with Crippen molar-refractivity contribution in [3.8, 4) is 17.6 Å². The van der Waals surface area contributed by atoms with Crippen molar-refractivity contribution in [3.05, 3.63) is 45.7 Å². The van der Waals surface area contributed by atoms with Gasteiger partial charge in [0.25, 0.3) is 0 Å². The standard InChI is InChI=1S/C16H17ClN2O2/c1-11-16(17)12(2)19(18-11)10-14-9-15(21-3)7-6-13(14)5-4-8-20/h6-7,9,20H,8,10H2,1-3H3. The highest BCUT2D eigenvalue weighted by Crippen LogP contribution is 2.22. The number of aliphatic hydroxyl groups is 1. The number of aromatic nitrogens is 2. The first-order valence-electron chi connectivity index (χ1n) is 6.53. The van der Waals surface area contributed by atoms with Gasteiger partial charge in [-0.15, -0.1) is 0 Å². The molecule has 110 valence electrons. The summed E-state index contributed by atoms with van der Waals surface area (Å²) < 4.78 is 7.10. The smallest absolute Gasteiger partial charge is 0.119 e. The van der Waals surface area contributed by atoms with E-state index in [0.717, 1.165) is 28.3 Å². The third-order valence-electron chi connectivity index (χ3n) is 3.23. The summed E-state index contributed by atoms with van der Waals surface area (Å²) in [4.78, 5) is 0. The number of aryl methyl sites for hydroxylation is 1. The Labute approximate surface area is 129 Å². The SMILES string of the molecule is COc1ccc(C#CCO)c(Cn2nc(C)c(Cl)c2C)c1. The van der Waals surface area contributed by atoms with Crippen LogP contribution >= 0.6 is 11.6 Å². The summed E-state index contributed by atoms with van der Waals surface area (Å²) in [5.74, 6) is 6.37. The summed E-state index contributed by atoms with van der Waals surface area (Å²) in [7, 11) is 1.62. The maximum atomic E-state index is 8.86. The van der Waals surface area contributed by atoms with Gasteiger partial charge in [0.1, 0.15) is 12.4 Å². The average molecular weight is 305 g/mol. The normalized spacial score (nSPS) is 10.1. The quantitative estimate of drug-likeness (QED) is 0.887. The summed E-state index contributed by atoms with van der Waals surface area (Å²) in [5, 5.41) is 14.0. The minimum atomic E-state index is -0.169. The third-order valence-corrected chi connectivity index (χ3v) is 3.77. The number of aliphatic hydroxyl groups excluding tert-OH is 1. The monoisotopic (exact) mass is 304 g/mol. The maximum Gasteiger partial charge on any atom is 0.119 e. The molecule has 0 aliphatic heterocycles. The molecule has 1 heterocycles. The van der Waals surface area contributed by atoms with Gasteiger partial charge in [0.15, 0.2) is 0 Å². The first kappa shape index (κ1) is 15.4. The third kappa shape index (κ3) is 3.38. The Morgan fingerprint density at radius 2 is 2.14 bits per heavy atom. The molecule has 0 aliphatic carbocycles. The van der Waals surface area contributed by atoms with Gasteiger partial charge in [-0.1, -0.05) is 23.4 Å². The molecule has 5 heteroatoms. The summed E-state index contributed by atoms with van der Waals surface area (Å²) in [6.45, 7) is 4.19. The predicted molar refractivity (Wildman–Crippen MR) is 82.8 cm³/mol. The van der Waals surface area contributed by atoms with Crippen LogP contribution in [0.5, 0.6) is 5.75 Å². The Bertz CT molecular complexity index is 711. The van der Waals surface area contributed by atoms with E-state index in [4.69, 9.17) is 21.4 Å². The van der Waals surface area contributed by atoms with E-state index in [-0.39, 0.29) is 6.61 Å². The second-order valence-corrected chi connectivity index (χ2v) is 5.00. The molecule has 0 saturated heterocycles. The zero-order chi connectivity index (χ0) is 15.4. The van der Waals surface area contributed by atoms with Gasteiger partial charge in [-0.3, -0.25) is 4.68 Å². The van der Waals surface area contributed by atoms with Gasteiger partial charge in [-0.05, 0) is 37.6 Å². The summed E-state index contributed by atoms with van der Waals surface area (Å²) >= 11 is 6.18. The van der Waals surface area contributed by atoms with Crippen molar-refractivity contribution in [1.29, 1.82) is 0 Å². The Hall–Kier alpha value is -1.96. The highest BCUT2D eigenvalue weighted by atomic mass is 35.5. The maximum absolute atomic E-state index is 8.86. The lowest BCUT2D eigenvalue weighted by atomic mass is 10.1. The van der Waals surface area contributed by atoms with Crippen LogP contribution in [-0.4, -0.2) is 28.6 Å². The fourth-order valence-corrected chi connectivity index (χ4v) is 2.21. The molecule has 0 atom stereocenters. The van der Waals surface area contributed by atoms with E-state index in [9.17, 15) is 0 Å². The fraction of sp³-hybridized carbons (Fsp3) is 0.312. The number of nitrogens with zero attached hydrogens (tertiary/aromatic N) is 2. The van der Waals surface area contributed by atoms with Crippen LogP contribution in [0.2, 0.25) is 5.02 Å². The van der Waals surface area contributed by atoms with Crippen molar-refractivity contribution in [2.24, 2.45) is 0 Å². The van der Waals surface area contributed by atoms with E-state index in [1.54, 1.807) is 7.11 Å². The lowest BCUT2D eigenvalue weighted by Crippen LogP contribution is -2.06. The van der Waals surface area contributed by atoms with Crippen molar-refractivity contribution in [2.75, 3.05) is 13.7 Å². The number of rotatable bonds is 3. The molecule has 0 aliphatic rings. The molecule has 21 heavy (non-hydrogen) atoms. The average Bonchev–Trinajstić information content (AvgIpc) is 2.73. The van der Waals surface area contributed by atoms with Gasteiger partial charge >= 0.3 is 0 Å². The fourth-order valence-electron chi connectivity index (χ4n) is 2.07. The Morgan fingerprint density at radius 1 is 1.38 bits per heavy atom. The molecule has 0 unspecified atom stereocenters. The van der Waals surface area contributed by atoms with Crippen LogP contribution in [0.15, 0.2) is 18.2 Å². The lowest BCUT2D eigenvalue weighted by Gasteiger charge is -2.09. The molecule has 1 N–H and O–H groups in total. The summed E-state index contributed by atoms with van der Waals surface area (Å²) in [6, 6.07) is 5.65. The molecular formula is C16H17ClN2O2. The lowest BCUT2D eigenvalue weighted by molar-refractivity contribution is 0.350. The second-order valence-electron chi connectivity index (χ2n) is 4.63. The van der Waals surface area contributed by atoms with Gasteiger partial charge in [-0.25, -0.2) is 0 Å². The molecule has 1 aromatic carbocycles. The first-order valence-corrected chi connectivity index (χ1v) is 6.90. The minimum absolute atomic E-state index is 0.169.